The van der Waals surface area contributed by atoms with Crippen molar-refractivity contribution in [2.45, 2.75) is 24.2 Å². The number of rotatable bonds is 6. The van der Waals surface area contributed by atoms with E-state index in [1.807, 2.05) is 6.07 Å². The van der Waals surface area contributed by atoms with E-state index in [2.05, 4.69) is 39.0 Å². The lowest BCUT2D eigenvalue weighted by Crippen LogP contribution is -2.34. The fraction of sp³-hybridized carbons (Fsp3) is 0.471. The van der Waals surface area contributed by atoms with Gasteiger partial charge in [0.1, 0.15) is 4.90 Å². The third-order valence-electron chi connectivity index (χ3n) is 4.52. The van der Waals surface area contributed by atoms with Crippen LogP contribution in [0.15, 0.2) is 41.4 Å². The summed E-state index contributed by atoms with van der Waals surface area (Å²) in [5.74, 6) is 0.545. The van der Waals surface area contributed by atoms with Gasteiger partial charge in [0.05, 0.1) is 5.69 Å². The predicted molar refractivity (Wildman–Crippen MR) is 93.4 cm³/mol. The van der Waals surface area contributed by atoms with Gasteiger partial charge in [-0.05, 0) is 31.4 Å². The van der Waals surface area contributed by atoms with Gasteiger partial charge < -0.3 is 4.90 Å². The van der Waals surface area contributed by atoms with Crippen molar-refractivity contribution in [3.63, 3.8) is 0 Å². The molecule has 130 valence electrons. The Labute approximate surface area is 143 Å². The van der Waals surface area contributed by atoms with Gasteiger partial charge in [0.2, 0.25) is 10.0 Å². The Bertz CT molecular complexity index is 786. The standard InChI is InChI=1S/C17H24N4O2S/c1-14-17(13-20(2)19-14)24(22,23)18-9-11-21-10-8-16(12-21)15-6-4-3-5-7-15/h3-7,13,16,18H,8-12H2,1-2H3. The van der Waals surface area contributed by atoms with E-state index in [1.54, 1.807) is 20.2 Å². The summed E-state index contributed by atoms with van der Waals surface area (Å²) < 4.78 is 28.9. The molecule has 1 aromatic heterocycles. The Morgan fingerprint density at radius 3 is 2.71 bits per heavy atom. The molecule has 1 atom stereocenters. The van der Waals surface area contributed by atoms with Crippen LogP contribution in [0.25, 0.3) is 0 Å². The van der Waals surface area contributed by atoms with Gasteiger partial charge >= 0.3 is 0 Å². The van der Waals surface area contributed by atoms with E-state index < -0.39 is 10.0 Å². The van der Waals surface area contributed by atoms with E-state index in [1.165, 1.54) is 10.2 Å². The van der Waals surface area contributed by atoms with Crippen LogP contribution < -0.4 is 4.72 Å². The monoisotopic (exact) mass is 348 g/mol. The smallest absolute Gasteiger partial charge is 0.244 e. The van der Waals surface area contributed by atoms with Crippen LogP contribution in [-0.4, -0.2) is 49.3 Å². The van der Waals surface area contributed by atoms with Gasteiger partial charge in [-0.15, -0.1) is 0 Å². The van der Waals surface area contributed by atoms with Crippen LogP contribution in [-0.2, 0) is 17.1 Å². The molecule has 2 heterocycles. The molecular formula is C17H24N4O2S. The Hall–Kier alpha value is -1.70. The molecule has 0 saturated carbocycles. The minimum atomic E-state index is -3.49. The molecule has 1 fully saturated rings. The third-order valence-corrected chi connectivity index (χ3v) is 6.09. The summed E-state index contributed by atoms with van der Waals surface area (Å²) in [5, 5.41) is 4.09. The van der Waals surface area contributed by atoms with E-state index in [0.717, 1.165) is 26.1 Å². The molecule has 1 N–H and O–H groups in total. The first-order chi connectivity index (χ1) is 11.5. The quantitative estimate of drug-likeness (QED) is 0.859. The molecule has 0 bridgehead atoms. The van der Waals surface area contributed by atoms with Crippen LogP contribution in [0.1, 0.15) is 23.6 Å². The maximum Gasteiger partial charge on any atom is 0.244 e. The second-order valence-corrected chi connectivity index (χ2v) is 8.08. The number of aromatic nitrogens is 2. The Kier molecular flexibility index (Phi) is 5.03. The topological polar surface area (TPSA) is 67.2 Å². The van der Waals surface area contributed by atoms with Crippen molar-refractivity contribution >= 4 is 10.0 Å². The summed E-state index contributed by atoms with van der Waals surface area (Å²) >= 11 is 0. The number of nitrogens with zero attached hydrogens (tertiary/aromatic N) is 3. The van der Waals surface area contributed by atoms with Gasteiger partial charge in [-0.2, -0.15) is 5.10 Å². The lowest BCUT2D eigenvalue weighted by molar-refractivity contribution is 0.339. The summed E-state index contributed by atoms with van der Waals surface area (Å²) in [7, 11) is -1.77. The highest BCUT2D eigenvalue weighted by Crippen LogP contribution is 2.26. The summed E-state index contributed by atoms with van der Waals surface area (Å²) in [4.78, 5) is 2.57. The van der Waals surface area contributed by atoms with Crippen LogP contribution in [0.4, 0.5) is 0 Å². The number of hydrogen-bond donors (Lipinski definition) is 1. The van der Waals surface area contributed by atoms with Gasteiger partial charge in [0, 0.05) is 32.9 Å². The molecule has 3 rings (SSSR count). The van der Waals surface area contributed by atoms with Crippen LogP contribution in [0.2, 0.25) is 0 Å². The highest BCUT2D eigenvalue weighted by molar-refractivity contribution is 7.89. The highest BCUT2D eigenvalue weighted by atomic mass is 32.2. The first-order valence-corrected chi connectivity index (χ1v) is 9.71. The fourth-order valence-corrected chi connectivity index (χ4v) is 4.53. The second kappa shape index (κ2) is 7.04. The minimum absolute atomic E-state index is 0.258. The fourth-order valence-electron chi connectivity index (χ4n) is 3.29. The van der Waals surface area contributed by atoms with E-state index in [4.69, 9.17) is 0 Å². The molecule has 0 aliphatic carbocycles. The first kappa shape index (κ1) is 17.1. The molecule has 1 aliphatic rings. The van der Waals surface area contributed by atoms with Crippen molar-refractivity contribution in [3.8, 4) is 0 Å². The van der Waals surface area contributed by atoms with E-state index in [-0.39, 0.29) is 4.90 Å². The molecule has 1 aliphatic heterocycles. The van der Waals surface area contributed by atoms with Crippen LogP contribution in [0, 0.1) is 6.92 Å². The van der Waals surface area contributed by atoms with Gasteiger partial charge in [-0.25, -0.2) is 13.1 Å². The summed E-state index contributed by atoms with van der Waals surface area (Å²) in [6, 6.07) is 10.5. The van der Waals surface area contributed by atoms with Crippen molar-refractivity contribution in [2.75, 3.05) is 26.2 Å². The SMILES string of the molecule is Cc1nn(C)cc1S(=O)(=O)NCCN1CCC(c2ccccc2)C1. The molecule has 1 unspecified atom stereocenters. The highest BCUT2D eigenvalue weighted by Gasteiger charge is 2.24. The number of sulfonamides is 1. The number of benzene rings is 1. The molecule has 7 heteroatoms. The Balaban J connectivity index is 1.51. The number of nitrogens with one attached hydrogen (secondary N) is 1. The van der Waals surface area contributed by atoms with Gasteiger partial charge in [-0.3, -0.25) is 4.68 Å². The zero-order chi connectivity index (χ0) is 17.2. The van der Waals surface area contributed by atoms with Crippen molar-refractivity contribution < 1.29 is 8.42 Å². The van der Waals surface area contributed by atoms with Crippen molar-refractivity contribution in [3.05, 3.63) is 47.8 Å². The maximum absolute atomic E-state index is 12.3. The molecular weight excluding hydrogens is 324 g/mol. The molecule has 0 amide bonds. The van der Waals surface area contributed by atoms with Crippen molar-refractivity contribution in [1.29, 1.82) is 0 Å². The minimum Gasteiger partial charge on any atom is -0.301 e. The van der Waals surface area contributed by atoms with E-state index >= 15 is 0 Å². The summed E-state index contributed by atoms with van der Waals surface area (Å²) in [6.07, 6.45) is 2.66. The van der Waals surface area contributed by atoms with Crippen LogP contribution >= 0.6 is 0 Å². The van der Waals surface area contributed by atoms with Crippen LogP contribution in [0.5, 0.6) is 0 Å². The van der Waals surface area contributed by atoms with Crippen molar-refractivity contribution in [2.24, 2.45) is 7.05 Å². The lowest BCUT2D eigenvalue weighted by atomic mass is 9.99. The molecule has 0 spiro atoms. The molecule has 0 radical (unpaired) electrons. The van der Waals surface area contributed by atoms with Gasteiger partial charge in [-0.1, -0.05) is 30.3 Å². The molecule has 1 aromatic carbocycles. The molecule has 24 heavy (non-hydrogen) atoms. The summed E-state index contributed by atoms with van der Waals surface area (Å²) in [6.45, 7) is 4.84. The average molecular weight is 348 g/mol. The average Bonchev–Trinajstić information content (AvgIpc) is 3.15. The van der Waals surface area contributed by atoms with E-state index in [9.17, 15) is 8.42 Å². The Morgan fingerprint density at radius 1 is 1.29 bits per heavy atom. The first-order valence-electron chi connectivity index (χ1n) is 8.23. The normalized spacial score (nSPS) is 19.0. The van der Waals surface area contributed by atoms with E-state index in [0.29, 0.717) is 18.2 Å². The second-order valence-electron chi connectivity index (χ2n) is 6.35. The zero-order valence-electron chi connectivity index (χ0n) is 14.1. The molecule has 1 saturated heterocycles. The summed E-state index contributed by atoms with van der Waals surface area (Å²) in [5.41, 5.74) is 1.89. The number of hydrogen-bond acceptors (Lipinski definition) is 4. The number of aryl methyl sites for hydroxylation is 2. The maximum atomic E-state index is 12.3. The third kappa shape index (κ3) is 3.85. The van der Waals surface area contributed by atoms with Crippen molar-refractivity contribution in [1.82, 2.24) is 19.4 Å². The predicted octanol–water partition coefficient (Wildman–Crippen LogP) is 1.50. The zero-order valence-corrected chi connectivity index (χ0v) is 15.0. The largest absolute Gasteiger partial charge is 0.301 e. The van der Waals surface area contributed by atoms with Gasteiger partial charge in [0.15, 0.2) is 0 Å². The molecule has 6 nitrogen and oxygen atoms in total. The number of likely N-dealkylation sites (tertiary alicyclic amines) is 1. The molecule has 2 aromatic rings. The lowest BCUT2D eigenvalue weighted by Gasteiger charge is -2.16. The van der Waals surface area contributed by atoms with Gasteiger partial charge in [0.25, 0.3) is 0 Å². The Morgan fingerprint density at radius 2 is 2.04 bits per heavy atom. The van der Waals surface area contributed by atoms with Crippen LogP contribution in [0.3, 0.4) is 0 Å².